The first kappa shape index (κ1) is 18.1. The van der Waals surface area contributed by atoms with E-state index in [1.54, 1.807) is 4.90 Å². The fourth-order valence-corrected chi connectivity index (χ4v) is 2.74. The van der Waals surface area contributed by atoms with Crippen molar-refractivity contribution in [1.29, 1.82) is 0 Å². The van der Waals surface area contributed by atoms with E-state index in [9.17, 15) is 14.3 Å². The van der Waals surface area contributed by atoms with Gasteiger partial charge < -0.3 is 14.7 Å². The van der Waals surface area contributed by atoms with Gasteiger partial charge in [-0.25, -0.2) is 4.39 Å². The summed E-state index contributed by atoms with van der Waals surface area (Å²) in [5.74, 6) is -0.909. The van der Waals surface area contributed by atoms with Crippen LogP contribution in [0, 0.1) is 5.82 Å². The van der Waals surface area contributed by atoms with E-state index in [0.717, 1.165) is 0 Å². The standard InChI is InChI=1S/C16H22ClFN2O3/c1-2-23-11-13(21)10-19-5-7-20(8-6-19)16(22)14-9-12(17)3-4-15(14)18/h3-4,9,13,21H,2,5-8,10-11H2,1H3/t13-/m1/s1. The Balaban J connectivity index is 1.86. The number of carbonyl (C=O) groups excluding carboxylic acids is 1. The van der Waals surface area contributed by atoms with E-state index in [2.05, 4.69) is 4.90 Å². The van der Waals surface area contributed by atoms with Crippen LogP contribution < -0.4 is 0 Å². The lowest BCUT2D eigenvalue weighted by Gasteiger charge is -2.35. The number of benzene rings is 1. The topological polar surface area (TPSA) is 53.0 Å². The molecule has 1 atom stereocenters. The first-order valence-corrected chi connectivity index (χ1v) is 8.11. The van der Waals surface area contributed by atoms with Crippen molar-refractivity contribution >= 4 is 17.5 Å². The first-order chi connectivity index (χ1) is 11.0. The van der Waals surface area contributed by atoms with Crippen molar-refractivity contribution in [2.24, 2.45) is 0 Å². The second-order valence-electron chi connectivity index (χ2n) is 5.53. The molecule has 0 spiro atoms. The summed E-state index contributed by atoms with van der Waals surface area (Å²) < 4.78 is 19.0. The smallest absolute Gasteiger partial charge is 0.256 e. The minimum absolute atomic E-state index is 0.00216. The minimum Gasteiger partial charge on any atom is -0.389 e. The zero-order valence-electron chi connectivity index (χ0n) is 13.2. The Morgan fingerprint density at radius 3 is 2.74 bits per heavy atom. The summed E-state index contributed by atoms with van der Waals surface area (Å²) in [6.45, 7) is 5.53. The highest BCUT2D eigenvalue weighted by atomic mass is 35.5. The van der Waals surface area contributed by atoms with Crippen molar-refractivity contribution in [2.45, 2.75) is 13.0 Å². The maximum absolute atomic E-state index is 13.8. The summed E-state index contributed by atoms with van der Waals surface area (Å²) >= 11 is 5.84. The monoisotopic (exact) mass is 344 g/mol. The molecule has 1 aromatic rings. The number of piperazine rings is 1. The number of aliphatic hydroxyl groups excluding tert-OH is 1. The maximum atomic E-state index is 13.8. The molecule has 1 N–H and O–H groups in total. The van der Waals surface area contributed by atoms with E-state index in [1.807, 2.05) is 6.92 Å². The highest BCUT2D eigenvalue weighted by Crippen LogP contribution is 2.17. The van der Waals surface area contributed by atoms with Crippen LogP contribution in [0.15, 0.2) is 18.2 Å². The van der Waals surface area contributed by atoms with Crippen LogP contribution in [0.4, 0.5) is 4.39 Å². The summed E-state index contributed by atoms with van der Waals surface area (Å²) in [5, 5.41) is 10.2. The Labute approximate surface area is 140 Å². The van der Waals surface area contributed by atoms with Crippen molar-refractivity contribution in [1.82, 2.24) is 9.80 Å². The molecule has 0 aliphatic carbocycles. The molecule has 1 aromatic carbocycles. The normalized spacial score (nSPS) is 17.3. The molecule has 1 aliphatic heterocycles. The third-order valence-electron chi connectivity index (χ3n) is 3.80. The quantitative estimate of drug-likeness (QED) is 0.852. The Morgan fingerprint density at radius 1 is 1.39 bits per heavy atom. The molecule has 7 heteroatoms. The number of aliphatic hydroxyl groups is 1. The minimum atomic E-state index is -0.561. The van der Waals surface area contributed by atoms with Gasteiger partial charge in [-0.2, -0.15) is 0 Å². The lowest BCUT2D eigenvalue weighted by Crippen LogP contribution is -2.51. The molecule has 0 aromatic heterocycles. The second-order valence-corrected chi connectivity index (χ2v) is 5.97. The predicted octanol–water partition coefficient (Wildman–Crippen LogP) is 1.63. The van der Waals surface area contributed by atoms with E-state index in [1.165, 1.54) is 18.2 Å². The van der Waals surface area contributed by atoms with E-state index in [-0.39, 0.29) is 11.5 Å². The number of hydrogen-bond donors (Lipinski definition) is 1. The number of carbonyl (C=O) groups is 1. The summed E-state index contributed by atoms with van der Waals surface area (Å²) in [7, 11) is 0. The molecule has 0 unspecified atom stereocenters. The van der Waals surface area contributed by atoms with Crippen LogP contribution in [0.2, 0.25) is 5.02 Å². The van der Waals surface area contributed by atoms with Crippen LogP contribution in [0.25, 0.3) is 0 Å². The van der Waals surface area contributed by atoms with E-state index in [4.69, 9.17) is 16.3 Å². The predicted molar refractivity (Wildman–Crippen MR) is 86.3 cm³/mol. The maximum Gasteiger partial charge on any atom is 0.256 e. The number of ether oxygens (including phenoxy) is 1. The number of β-amino-alcohol motifs (C(OH)–C–C–N with tert-alkyl or cyclic N) is 1. The Hall–Kier alpha value is -1.21. The average Bonchev–Trinajstić information content (AvgIpc) is 2.55. The molecule has 1 amide bonds. The van der Waals surface area contributed by atoms with E-state index in [0.29, 0.717) is 51.0 Å². The third-order valence-corrected chi connectivity index (χ3v) is 4.04. The van der Waals surface area contributed by atoms with Gasteiger partial charge in [0.25, 0.3) is 5.91 Å². The van der Waals surface area contributed by atoms with Gasteiger partial charge in [-0.1, -0.05) is 11.6 Å². The van der Waals surface area contributed by atoms with Gasteiger partial charge >= 0.3 is 0 Å². The third kappa shape index (κ3) is 5.14. The lowest BCUT2D eigenvalue weighted by molar-refractivity contribution is 0.0111. The van der Waals surface area contributed by atoms with Gasteiger partial charge in [0.15, 0.2) is 0 Å². The molecule has 5 nitrogen and oxygen atoms in total. The van der Waals surface area contributed by atoms with Crippen LogP contribution in [0.1, 0.15) is 17.3 Å². The Bertz CT molecular complexity index is 536. The van der Waals surface area contributed by atoms with Crippen LogP contribution in [-0.4, -0.2) is 72.9 Å². The zero-order chi connectivity index (χ0) is 16.8. The number of hydrogen-bond acceptors (Lipinski definition) is 4. The van der Waals surface area contributed by atoms with Gasteiger partial charge in [0, 0.05) is 44.4 Å². The van der Waals surface area contributed by atoms with Crippen LogP contribution in [-0.2, 0) is 4.74 Å². The van der Waals surface area contributed by atoms with Crippen LogP contribution >= 0.6 is 11.6 Å². The molecule has 0 saturated carbocycles. The van der Waals surface area contributed by atoms with Crippen molar-refractivity contribution in [3.8, 4) is 0 Å². The molecule has 0 bridgehead atoms. The van der Waals surface area contributed by atoms with E-state index >= 15 is 0 Å². The summed E-state index contributed by atoms with van der Waals surface area (Å²) in [4.78, 5) is 16.1. The summed E-state index contributed by atoms with van der Waals surface area (Å²) in [5.41, 5.74) is 0.00216. The summed E-state index contributed by atoms with van der Waals surface area (Å²) in [6, 6.07) is 3.98. The van der Waals surface area contributed by atoms with Crippen molar-refractivity contribution in [3.05, 3.63) is 34.6 Å². The fraction of sp³-hybridized carbons (Fsp3) is 0.562. The molecule has 128 valence electrons. The molecular weight excluding hydrogens is 323 g/mol. The summed E-state index contributed by atoms with van der Waals surface area (Å²) in [6.07, 6.45) is -0.539. The largest absolute Gasteiger partial charge is 0.389 e. The zero-order valence-corrected chi connectivity index (χ0v) is 13.9. The molecule has 2 rings (SSSR count). The fourth-order valence-electron chi connectivity index (χ4n) is 2.57. The Kier molecular flexibility index (Phi) is 6.77. The molecular formula is C16H22ClFN2O3. The van der Waals surface area contributed by atoms with Crippen molar-refractivity contribution < 1.29 is 19.0 Å². The average molecular weight is 345 g/mol. The van der Waals surface area contributed by atoms with Gasteiger partial charge in [0.05, 0.1) is 18.3 Å². The second kappa shape index (κ2) is 8.59. The number of rotatable bonds is 6. The SMILES string of the molecule is CCOC[C@H](O)CN1CCN(C(=O)c2cc(Cl)ccc2F)CC1. The Morgan fingerprint density at radius 2 is 2.09 bits per heavy atom. The van der Waals surface area contributed by atoms with Gasteiger partial charge in [-0.05, 0) is 25.1 Å². The van der Waals surface area contributed by atoms with Gasteiger partial charge in [-0.15, -0.1) is 0 Å². The van der Waals surface area contributed by atoms with Gasteiger partial charge in [0.2, 0.25) is 0 Å². The molecule has 23 heavy (non-hydrogen) atoms. The van der Waals surface area contributed by atoms with Gasteiger partial charge in [-0.3, -0.25) is 9.69 Å². The molecule has 1 saturated heterocycles. The first-order valence-electron chi connectivity index (χ1n) is 7.73. The van der Waals surface area contributed by atoms with Crippen molar-refractivity contribution in [2.75, 3.05) is 45.9 Å². The van der Waals surface area contributed by atoms with E-state index < -0.39 is 11.9 Å². The molecule has 1 aliphatic rings. The highest BCUT2D eigenvalue weighted by Gasteiger charge is 2.25. The number of nitrogens with zero attached hydrogens (tertiary/aromatic N) is 2. The molecule has 1 fully saturated rings. The van der Waals surface area contributed by atoms with Crippen LogP contribution in [0.5, 0.6) is 0 Å². The number of halogens is 2. The molecule has 0 radical (unpaired) electrons. The highest BCUT2D eigenvalue weighted by molar-refractivity contribution is 6.31. The van der Waals surface area contributed by atoms with Crippen molar-refractivity contribution in [3.63, 3.8) is 0 Å². The number of amides is 1. The van der Waals surface area contributed by atoms with Crippen LogP contribution in [0.3, 0.4) is 0 Å². The lowest BCUT2D eigenvalue weighted by atomic mass is 10.1. The molecule has 1 heterocycles. The van der Waals surface area contributed by atoms with Gasteiger partial charge in [0.1, 0.15) is 5.82 Å².